The number of nitrogens with two attached hydrogens (primary N) is 1. The second kappa shape index (κ2) is 6.67. The molecular weight excluding hydrogens is 264 g/mol. The number of likely N-dealkylation sites (N-methyl/N-ethyl adjacent to an activating group) is 1. The first kappa shape index (κ1) is 14.7. The highest BCUT2D eigenvalue weighted by molar-refractivity contribution is 5.40. The first-order chi connectivity index (χ1) is 10.3. The fraction of sp³-hybridized carbons (Fsp3) is 0.647. The van der Waals surface area contributed by atoms with Crippen molar-refractivity contribution in [3.63, 3.8) is 0 Å². The summed E-state index contributed by atoms with van der Waals surface area (Å²) in [6.45, 7) is 4.86. The summed E-state index contributed by atoms with van der Waals surface area (Å²) < 4.78 is 11.9. The molecule has 1 aromatic rings. The molecule has 1 atom stereocenters. The molecular formula is C17H26N2O2. The van der Waals surface area contributed by atoms with E-state index < -0.39 is 0 Å². The number of nitrogens with zero attached hydrogens (tertiary/aromatic N) is 1. The number of ether oxygens (including phenoxy) is 2. The van der Waals surface area contributed by atoms with E-state index in [0.29, 0.717) is 18.7 Å². The standard InChI is InChI=1S/C17H26N2O2/c1-2-19(14-9-7-13(18)8-10-14)11-15-12-20-16-5-3-4-6-17(16)21-15/h3-6,13-15H,2,7-12,18H2,1H3. The lowest BCUT2D eigenvalue weighted by Crippen LogP contribution is -2.47. The van der Waals surface area contributed by atoms with E-state index >= 15 is 0 Å². The fourth-order valence-electron chi connectivity index (χ4n) is 3.42. The zero-order valence-corrected chi connectivity index (χ0v) is 12.8. The number of rotatable bonds is 4. The van der Waals surface area contributed by atoms with Crippen LogP contribution in [0.25, 0.3) is 0 Å². The highest BCUT2D eigenvalue weighted by Crippen LogP contribution is 2.31. The monoisotopic (exact) mass is 290 g/mol. The Kier molecular flexibility index (Phi) is 4.66. The molecule has 1 heterocycles. The van der Waals surface area contributed by atoms with Gasteiger partial charge in [0.2, 0.25) is 0 Å². The summed E-state index contributed by atoms with van der Waals surface area (Å²) in [6, 6.07) is 8.97. The second-order valence-corrected chi connectivity index (χ2v) is 6.15. The minimum absolute atomic E-state index is 0.121. The Balaban J connectivity index is 1.58. The first-order valence-corrected chi connectivity index (χ1v) is 8.14. The average Bonchev–Trinajstić information content (AvgIpc) is 2.53. The summed E-state index contributed by atoms with van der Waals surface area (Å²) in [7, 11) is 0. The molecule has 21 heavy (non-hydrogen) atoms. The summed E-state index contributed by atoms with van der Waals surface area (Å²) in [4.78, 5) is 2.54. The normalized spacial score (nSPS) is 28.6. The van der Waals surface area contributed by atoms with Crippen molar-refractivity contribution in [3.8, 4) is 11.5 Å². The van der Waals surface area contributed by atoms with E-state index in [1.54, 1.807) is 0 Å². The third-order valence-electron chi connectivity index (χ3n) is 4.67. The highest BCUT2D eigenvalue weighted by Gasteiger charge is 2.28. The van der Waals surface area contributed by atoms with Gasteiger partial charge in [0.05, 0.1) is 0 Å². The van der Waals surface area contributed by atoms with Gasteiger partial charge < -0.3 is 15.2 Å². The molecule has 3 rings (SSSR count). The van der Waals surface area contributed by atoms with E-state index in [4.69, 9.17) is 15.2 Å². The minimum Gasteiger partial charge on any atom is -0.486 e. The van der Waals surface area contributed by atoms with Gasteiger partial charge >= 0.3 is 0 Å². The van der Waals surface area contributed by atoms with Crippen LogP contribution in [0.15, 0.2) is 24.3 Å². The topological polar surface area (TPSA) is 47.7 Å². The van der Waals surface area contributed by atoms with Gasteiger partial charge in [0, 0.05) is 18.6 Å². The molecule has 0 saturated heterocycles. The summed E-state index contributed by atoms with van der Waals surface area (Å²) in [5.41, 5.74) is 6.01. The van der Waals surface area contributed by atoms with Crippen molar-refractivity contribution in [2.45, 2.75) is 50.8 Å². The summed E-state index contributed by atoms with van der Waals surface area (Å²) in [5.74, 6) is 1.73. The Morgan fingerprint density at radius 2 is 1.86 bits per heavy atom. The van der Waals surface area contributed by atoms with Gasteiger partial charge in [-0.3, -0.25) is 4.90 Å². The van der Waals surface area contributed by atoms with Crippen LogP contribution in [0, 0.1) is 0 Å². The molecule has 1 aromatic carbocycles. The summed E-state index contributed by atoms with van der Waals surface area (Å²) in [6.07, 6.45) is 4.83. The average molecular weight is 290 g/mol. The van der Waals surface area contributed by atoms with Gasteiger partial charge in [0.25, 0.3) is 0 Å². The van der Waals surface area contributed by atoms with Gasteiger partial charge in [-0.15, -0.1) is 0 Å². The lowest BCUT2D eigenvalue weighted by molar-refractivity contribution is 0.0392. The molecule has 1 aliphatic carbocycles. The lowest BCUT2D eigenvalue weighted by Gasteiger charge is -2.38. The van der Waals surface area contributed by atoms with Crippen molar-refractivity contribution in [1.29, 1.82) is 0 Å². The van der Waals surface area contributed by atoms with Crippen LogP contribution in [0.2, 0.25) is 0 Å². The molecule has 1 unspecified atom stereocenters. The van der Waals surface area contributed by atoms with Gasteiger partial charge in [-0.25, -0.2) is 0 Å². The number of benzene rings is 1. The zero-order valence-electron chi connectivity index (χ0n) is 12.8. The number of hydrogen-bond acceptors (Lipinski definition) is 4. The Hall–Kier alpha value is -1.26. The largest absolute Gasteiger partial charge is 0.486 e. The van der Waals surface area contributed by atoms with Gasteiger partial charge in [0.1, 0.15) is 12.7 Å². The highest BCUT2D eigenvalue weighted by atomic mass is 16.6. The first-order valence-electron chi connectivity index (χ1n) is 8.14. The fourth-order valence-corrected chi connectivity index (χ4v) is 3.42. The molecule has 4 nitrogen and oxygen atoms in total. The molecule has 0 radical (unpaired) electrons. The number of fused-ring (bicyclic) bond motifs is 1. The molecule has 1 saturated carbocycles. The van der Waals surface area contributed by atoms with Gasteiger partial charge in [-0.1, -0.05) is 19.1 Å². The van der Waals surface area contributed by atoms with Gasteiger partial charge in [0.15, 0.2) is 11.5 Å². The Morgan fingerprint density at radius 1 is 1.14 bits per heavy atom. The van der Waals surface area contributed by atoms with E-state index in [1.807, 2.05) is 24.3 Å². The third-order valence-corrected chi connectivity index (χ3v) is 4.67. The lowest BCUT2D eigenvalue weighted by atomic mass is 9.90. The molecule has 1 fully saturated rings. The van der Waals surface area contributed by atoms with Crippen LogP contribution in [0.1, 0.15) is 32.6 Å². The smallest absolute Gasteiger partial charge is 0.161 e. The molecule has 116 valence electrons. The van der Waals surface area contributed by atoms with Crippen LogP contribution in [0.4, 0.5) is 0 Å². The van der Waals surface area contributed by atoms with Crippen molar-refractivity contribution in [2.75, 3.05) is 19.7 Å². The van der Waals surface area contributed by atoms with Crippen molar-refractivity contribution in [3.05, 3.63) is 24.3 Å². The maximum atomic E-state index is 6.08. The molecule has 0 amide bonds. The van der Waals surface area contributed by atoms with E-state index in [9.17, 15) is 0 Å². The molecule has 0 aromatic heterocycles. The molecule has 0 spiro atoms. The van der Waals surface area contributed by atoms with Gasteiger partial charge in [-0.2, -0.15) is 0 Å². The predicted molar refractivity (Wildman–Crippen MR) is 83.8 cm³/mol. The van der Waals surface area contributed by atoms with E-state index in [1.165, 1.54) is 12.8 Å². The molecule has 2 aliphatic rings. The summed E-state index contributed by atoms with van der Waals surface area (Å²) >= 11 is 0. The SMILES string of the molecule is CCN(CC1COc2ccccc2O1)C1CCC(N)CC1. The van der Waals surface area contributed by atoms with Crippen molar-refractivity contribution < 1.29 is 9.47 Å². The van der Waals surface area contributed by atoms with Crippen LogP contribution < -0.4 is 15.2 Å². The van der Waals surface area contributed by atoms with Crippen molar-refractivity contribution in [1.82, 2.24) is 4.90 Å². The van der Waals surface area contributed by atoms with E-state index in [2.05, 4.69) is 11.8 Å². The molecule has 0 bridgehead atoms. The third kappa shape index (κ3) is 3.50. The van der Waals surface area contributed by atoms with Crippen molar-refractivity contribution >= 4 is 0 Å². The molecule has 1 aliphatic heterocycles. The quantitative estimate of drug-likeness (QED) is 0.925. The van der Waals surface area contributed by atoms with Gasteiger partial charge in [-0.05, 0) is 44.4 Å². The maximum Gasteiger partial charge on any atom is 0.161 e. The maximum absolute atomic E-state index is 6.08. The Bertz CT molecular complexity index is 458. The van der Waals surface area contributed by atoms with Crippen LogP contribution in [-0.2, 0) is 0 Å². The molecule has 2 N–H and O–H groups in total. The zero-order chi connectivity index (χ0) is 14.7. The van der Waals surface area contributed by atoms with E-state index in [0.717, 1.165) is 37.4 Å². The van der Waals surface area contributed by atoms with Crippen LogP contribution >= 0.6 is 0 Å². The predicted octanol–water partition coefficient (Wildman–Crippen LogP) is 2.42. The van der Waals surface area contributed by atoms with Crippen molar-refractivity contribution in [2.24, 2.45) is 5.73 Å². The van der Waals surface area contributed by atoms with Crippen LogP contribution in [0.5, 0.6) is 11.5 Å². The van der Waals surface area contributed by atoms with E-state index in [-0.39, 0.29) is 6.10 Å². The molecule has 4 heteroatoms. The number of hydrogen-bond donors (Lipinski definition) is 1. The minimum atomic E-state index is 0.121. The number of para-hydroxylation sites is 2. The second-order valence-electron chi connectivity index (χ2n) is 6.15. The summed E-state index contributed by atoms with van der Waals surface area (Å²) in [5, 5.41) is 0. The Morgan fingerprint density at radius 3 is 2.57 bits per heavy atom. The Labute approximate surface area is 127 Å². The van der Waals surface area contributed by atoms with Crippen LogP contribution in [0.3, 0.4) is 0 Å². The van der Waals surface area contributed by atoms with Crippen LogP contribution in [-0.4, -0.2) is 42.8 Å².